The average molecular weight is 663 g/mol. The maximum absolute atomic E-state index is 2.51. The van der Waals surface area contributed by atoms with Crippen molar-refractivity contribution < 1.29 is 0 Å². The highest BCUT2D eigenvalue weighted by Crippen LogP contribution is 2.45. The number of benzene rings is 10. The predicted octanol–water partition coefficient (Wildman–Crippen LogP) is 11.6. The first kappa shape index (κ1) is 29.6. The van der Waals surface area contributed by atoms with Crippen LogP contribution in [0.5, 0.6) is 0 Å². The molecule has 10 aromatic rings. The average Bonchev–Trinajstić information content (AvgIpc) is 3.20. The standard InChI is InChI=1S/C50H34Si/c1-2-16-37(17-3-1)51-38-29-30-46-48(32-38)50(43-24-12-15-33-13-4-6-18-39(33)43)45-23-11-10-22-44(45)49(46)35-27-25-34(26-28-35)47-31-36-14-5-7-19-40(36)41-20-8-9-21-42(41)47/h1-32H,51H2. The van der Waals surface area contributed by atoms with E-state index in [1.165, 1.54) is 97.6 Å². The largest absolute Gasteiger partial charge is 0.0875 e. The number of hydrogen-bond acceptors (Lipinski definition) is 0. The third-order valence-electron chi connectivity index (χ3n) is 10.7. The van der Waals surface area contributed by atoms with Crippen molar-refractivity contribution in [3.8, 4) is 33.4 Å². The summed E-state index contributed by atoms with van der Waals surface area (Å²) in [6.07, 6.45) is 0. The Labute approximate surface area is 300 Å². The molecule has 10 aromatic carbocycles. The van der Waals surface area contributed by atoms with Crippen LogP contribution in [0.3, 0.4) is 0 Å². The van der Waals surface area contributed by atoms with E-state index in [9.17, 15) is 0 Å². The van der Waals surface area contributed by atoms with Gasteiger partial charge in [0.2, 0.25) is 0 Å². The van der Waals surface area contributed by atoms with Crippen LogP contribution in [0.25, 0.3) is 87.2 Å². The minimum Gasteiger partial charge on any atom is -0.0633 e. The molecule has 0 aliphatic carbocycles. The van der Waals surface area contributed by atoms with Gasteiger partial charge in [0.25, 0.3) is 0 Å². The Morgan fingerprint density at radius 1 is 0.255 bits per heavy atom. The van der Waals surface area contributed by atoms with E-state index in [0.717, 1.165) is 0 Å². The van der Waals surface area contributed by atoms with Crippen molar-refractivity contribution in [3.63, 3.8) is 0 Å². The molecule has 0 spiro atoms. The Hall–Kier alpha value is -6.28. The van der Waals surface area contributed by atoms with Crippen LogP contribution in [0.2, 0.25) is 0 Å². The van der Waals surface area contributed by atoms with Gasteiger partial charge >= 0.3 is 0 Å². The lowest BCUT2D eigenvalue weighted by atomic mass is 9.84. The predicted molar refractivity (Wildman–Crippen MR) is 225 cm³/mol. The smallest absolute Gasteiger partial charge is 0.0633 e. The first-order chi connectivity index (χ1) is 25.3. The molecule has 0 atom stereocenters. The lowest BCUT2D eigenvalue weighted by Crippen LogP contribution is -2.26. The number of rotatable bonds is 5. The van der Waals surface area contributed by atoms with Gasteiger partial charge in [-0.3, -0.25) is 0 Å². The molecule has 0 fully saturated rings. The molecular weight excluding hydrogens is 629 g/mol. The molecule has 238 valence electrons. The van der Waals surface area contributed by atoms with Gasteiger partial charge in [-0.1, -0.05) is 198 Å². The fourth-order valence-corrected chi connectivity index (χ4v) is 9.84. The lowest BCUT2D eigenvalue weighted by molar-refractivity contribution is 1.64. The molecule has 0 N–H and O–H groups in total. The first-order valence-corrected chi connectivity index (χ1v) is 19.2. The summed E-state index contributed by atoms with van der Waals surface area (Å²) in [6.45, 7) is 0. The Bertz CT molecular complexity index is 2920. The molecule has 0 heterocycles. The van der Waals surface area contributed by atoms with Gasteiger partial charge in [-0.05, 0) is 93.3 Å². The third kappa shape index (κ3) is 5.05. The van der Waals surface area contributed by atoms with Gasteiger partial charge in [0.1, 0.15) is 0 Å². The van der Waals surface area contributed by atoms with Crippen LogP contribution < -0.4 is 10.4 Å². The fourth-order valence-electron chi connectivity index (χ4n) is 8.32. The second-order valence-corrected chi connectivity index (χ2v) is 15.6. The van der Waals surface area contributed by atoms with Gasteiger partial charge in [0.15, 0.2) is 0 Å². The summed E-state index contributed by atoms with van der Waals surface area (Å²) in [4.78, 5) is 0. The zero-order valence-corrected chi connectivity index (χ0v) is 29.6. The molecule has 51 heavy (non-hydrogen) atoms. The van der Waals surface area contributed by atoms with Crippen molar-refractivity contribution in [2.24, 2.45) is 0 Å². The summed E-state index contributed by atoms with van der Waals surface area (Å²) in [5, 5.41) is 15.8. The molecule has 0 amide bonds. The van der Waals surface area contributed by atoms with Crippen LogP contribution in [0.4, 0.5) is 0 Å². The zero-order valence-electron chi connectivity index (χ0n) is 28.2. The summed E-state index contributed by atoms with van der Waals surface area (Å²) in [7, 11) is -0.654. The molecule has 10 rings (SSSR count). The Morgan fingerprint density at radius 3 is 1.61 bits per heavy atom. The SMILES string of the molecule is c1ccc([SiH2]c2ccc3c(-c4ccc(-c5cc6ccccc6c6ccccc56)cc4)c4ccccc4c(-c4cccc5ccccc45)c3c2)cc1. The second-order valence-electron chi connectivity index (χ2n) is 13.6. The molecule has 1 heteroatoms. The maximum Gasteiger partial charge on any atom is 0.0875 e. The van der Waals surface area contributed by atoms with Crippen molar-refractivity contribution in [1.29, 1.82) is 0 Å². The first-order valence-electron chi connectivity index (χ1n) is 17.8. The molecule has 0 aromatic heterocycles. The summed E-state index contributed by atoms with van der Waals surface area (Å²) >= 11 is 0. The minimum absolute atomic E-state index is 0.654. The van der Waals surface area contributed by atoms with Crippen LogP contribution in [0.15, 0.2) is 194 Å². The summed E-state index contributed by atoms with van der Waals surface area (Å²) in [5.74, 6) is 0. The van der Waals surface area contributed by atoms with E-state index in [1.54, 1.807) is 0 Å². The van der Waals surface area contributed by atoms with Crippen LogP contribution in [-0.2, 0) is 0 Å². The van der Waals surface area contributed by atoms with Crippen LogP contribution in [-0.4, -0.2) is 9.52 Å². The zero-order chi connectivity index (χ0) is 33.7. The van der Waals surface area contributed by atoms with Crippen LogP contribution in [0, 0.1) is 0 Å². The highest BCUT2D eigenvalue weighted by atomic mass is 28.2. The summed E-state index contributed by atoms with van der Waals surface area (Å²) < 4.78 is 0. The van der Waals surface area contributed by atoms with Gasteiger partial charge in [-0.25, -0.2) is 0 Å². The molecule has 0 aliphatic rings. The number of hydrogen-bond donors (Lipinski definition) is 0. The van der Waals surface area contributed by atoms with Crippen molar-refractivity contribution >= 4 is 73.8 Å². The molecule has 0 radical (unpaired) electrons. The third-order valence-corrected chi connectivity index (χ3v) is 12.4. The Morgan fingerprint density at radius 2 is 0.824 bits per heavy atom. The Balaban J connectivity index is 1.22. The number of fused-ring (bicyclic) bond motifs is 6. The van der Waals surface area contributed by atoms with E-state index in [4.69, 9.17) is 0 Å². The van der Waals surface area contributed by atoms with Crippen molar-refractivity contribution in [1.82, 2.24) is 0 Å². The monoisotopic (exact) mass is 662 g/mol. The van der Waals surface area contributed by atoms with Crippen molar-refractivity contribution in [2.45, 2.75) is 0 Å². The maximum atomic E-state index is 2.51. The van der Waals surface area contributed by atoms with Gasteiger partial charge < -0.3 is 0 Å². The van der Waals surface area contributed by atoms with E-state index < -0.39 is 9.52 Å². The van der Waals surface area contributed by atoms with Crippen LogP contribution >= 0.6 is 0 Å². The van der Waals surface area contributed by atoms with E-state index in [1.807, 2.05) is 0 Å². The molecular formula is C50H34Si. The minimum atomic E-state index is -0.654. The Kier molecular flexibility index (Phi) is 7.11. The van der Waals surface area contributed by atoms with Gasteiger partial charge in [-0.15, -0.1) is 0 Å². The fraction of sp³-hybridized carbons (Fsp3) is 0. The highest BCUT2D eigenvalue weighted by molar-refractivity contribution is 6.67. The quantitative estimate of drug-likeness (QED) is 0.0977. The van der Waals surface area contributed by atoms with E-state index in [0.29, 0.717) is 0 Å². The molecule has 0 saturated heterocycles. The molecule has 0 aliphatic heterocycles. The summed E-state index contributed by atoms with van der Waals surface area (Å²) in [5.41, 5.74) is 7.66. The topological polar surface area (TPSA) is 0 Å². The van der Waals surface area contributed by atoms with E-state index in [2.05, 4.69) is 194 Å². The van der Waals surface area contributed by atoms with Crippen LogP contribution in [0.1, 0.15) is 0 Å². The van der Waals surface area contributed by atoms with Gasteiger partial charge in [0.05, 0.1) is 9.52 Å². The van der Waals surface area contributed by atoms with E-state index >= 15 is 0 Å². The van der Waals surface area contributed by atoms with Gasteiger partial charge in [-0.2, -0.15) is 0 Å². The van der Waals surface area contributed by atoms with Gasteiger partial charge in [0, 0.05) is 0 Å². The second kappa shape index (κ2) is 12.2. The molecule has 0 nitrogen and oxygen atoms in total. The normalized spacial score (nSPS) is 11.8. The molecule has 0 unspecified atom stereocenters. The highest BCUT2D eigenvalue weighted by Gasteiger charge is 2.19. The summed E-state index contributed by atoms with van der Waals surface area (Å²) in [6, 6.07) is 72.1. The van der Waals surface area contributed by atoms with Crippen molar-refractivity contribution in [2.75, 3.05) is 0 Å². The molecule has 0 bridgehead atoms. The van der Waals surface area contributed by atoms with E-state index in [-0.39, 0.29) is 0 Å². The van der Waals surface area contributed by atoms with Crippen molar-refractivity contribution in [3.05, 3.63) is 194 Å². The molecule has 0 saturated carbocycles. The lowest BCUT2D eigenvalue weighted by Gasteiger charge is -2.20.